The lowest BCUT2D eigenvalue weighted by Gasteiger charge is -2.33. The first kappa shape index (κ1) is 48.5. The Balaban J connectivity index is 2.32. The average Bonchev–Trinajstić information content (AvgIpc) is 3.64. The quantitative estimate of drug-likeness (QED) is 0.0414. The first-order chi connectivity index (χ1) is 27.2. The normalized spacial score (nSPS) is 16.4. The molecule has 324 valence electrons. The fraction of sp³-hybridized carbons (Fsp3) is 0.641. The van der Waals surface area contributed by atoms with Crippen LogP contribution in [0.25, 0.3) is 0 Å². The van der Waals surface area contributed by atoms with E-state index in [1.54, 1.807) is 40.0 Å². The summed E-state index contributed by atoms with van der Waals surface area (Å²) in [5.41, 5.74) is 16.3. The maximum atomic E-state index is 14.1. The van der Waals surface area contributed by atoms with E-state index >= 15 is 0 Å². The smallest absolute Gasteiger partial charge is 0.326 e. The van der Waals surface area contributed by atoms with Crippen LogP contribution < -0.4 is 43.8 Å². The Morgan fingerprint density at radius 1 is 0.897 bits per heavy atom. The minimum atomic E-state index is -1.25. The van der Waals surface area contributed by atoms with Gasteiger partial charge in [-0.3, -0.25) is 34.0 Å². The molecular formula is C39H65N11O8. The van der Waals surface area contributed by atoms with E-state index in [1.807, 2.05) is 13.8 Å². The summed E-state index contributed by atoms with van der Waals surface area (Å²) in [6, 6.07) is 0.459. The first-order valence-corrected chi connectivity index (χ1v) is 19.8. The van der Waals surface area contributed by atoms with Gasteiger partial charge in [-0.25, -0.2) is 4.79 Å². The number of guanidine groups is 2. The van der Waals surface area contributed by atoms with Gasteiger partial charge in [0, 0.05) is 39.5 Å². The molecule has 1 aromatic carbocycles. The number of aliphatic imine (C=N–C) groups is 2. The van der Waals surface area contributed by atoms with Crippen LogP contribution in [0.1, 0.15) is 91.5 Å². The molecule has 58 heavy (non-hydrogen) atoms. The van der Waals surface area contributed by atoms with Crippen molar-refractivity contribution in [2.75, 3.05) is 26.7 Å². The van der Waals surface area contributed by atoms with Crippen molar-refractivity contribution in [2.45, 2.75) is 123 Å². The topological polar surface area (TPSA) is 309 Å². The summed E-state index contributed by atoms with van der Waals surface area (Å²) in [5, 5.41) is 33.5. The zero-order chi connectivity index (χ0) is 43.6. The van der Waals surface area contributed by atoms with E-state index in [2.05, 4.69) is 36.6 Å². The van der Waals surface area contributed by atoms with E-state index in [-0.39, 0.29) is 74.7 Å². The fourth-order valence-electron chi connectivity index (χ4n) is 6.45. The van der Waals surface area contributed by atoms with E-state index in [0.29, 0.717) is 37.8 Å². The van der Waals surface area contributed by atoms with Gasteiger partial charge in [-0.2, -0.15) is 0 Å². The van der Waals surface area contributed by atoms with Crippen molar-refractivity contribution in [3.05, 3.63) is 29.8 Å². The molecule has 0 saturated carbocycles. The highest BCUT2D eigenvalue weighted by Crippen LogP contribution is 2.23. The Hall–Kier alpha value is -5.62. The molecule has 0 unspecified atom stereocenters. The molecule has 19 nitrogen and oxygen atoms in total. The molecule has 0 spiro atoms. The number of carbonyl (C=O) groups is 6. The number of benzene rings is 1. The predicted molar refractivity (Wildman–Crippen MR) is 220 cm³/mol. The number of aliphatic carboxylic acids is 1. The van der Waals surface area contributed by atoms with Crippen LogP contribution in [0.15, 0.2) is 34.3 Å². The second-order valence-electron chi connectivity index (χ2n) is 16.0. The van der Waals surface area contributed by atoms with Crippen LogP contribution in [-0.4, -0.2) is 119 Å². The molecule has 0 aliphatic carbocycles. The number of nitrogens with one attached hydrogen (secondary N) is 5. The Morgan fingerprint density at radius 2 is 1.57 bits per heavy atom. The summed E-state index contributed by atoms with van der Waals surface area (Å²) in [7, 11) is 1.56. The number of amides is 5. The van der Waals surface area contributed by atoms with E-state index in [1.165, 1.54) is 17.0 Å². The number of nitrogens with zero attached hydrogens (tertiary/aromatic N) is 3. The number of carboxylic acids is 1. The van der Waals surface area contributed by atoms with Gasteiger partial charge in [-0.05, 0) is 74.0 Å². The third kappa shape index (κ3) is 16.9. The minimum Gasteiger partial charge on any atom is -0.508 e. The summed E-state index contributed by atoms with van der Waals surface area (Å²) >= 11 is 0. The molecule has 13 N–H and O–H groups in total. The van der Waals surface area contributed by atoms with E-state index < -0.39 is 65.2 Å². The second-order valence-corrected chi connectivity index (χ2v) is 16.0. The highest BCUT2D eigenvalue weighted by Gasteiger charge is 2.40. The van der Waals surface area contributed by atoms with Gasteiger partial charge in [0.15, 0.2) is 11.9 Å². The van der Waals surface area contributed by atoms with Crippen molar-refractivity contribution in [3.63, 3.8) is 0 Å². The molecule has 5 atom stereocenters. The summed E-state index contributed by atoms with van der Waals surface area (Å²) in [5.74, 6) is -3.91. The Kier molecular flexibility index (Phi) is 19.7. The first-order valence-electron chi connectivity index (χ1n) is 19.8. The highest BCUT2D eigenvalue weighted by atomic mass is 16.4. The Bertz CT molecular complexity index is 1610. The van der Waals surface area contributed by atoms with Gasteiger partial charge < -0.3 is 58.9 Å². The van der Waals surface area contributed by atoms with Crippen LogP contribution in [0.4, 0.5) is 0 Å². The maximum Gasteiger partial charge on any atom is 0.326 e. The van der Waals surface area contributed by atoms with E-state index in [0.717, 1.165) is 0 Å². The van der Waals surface area contributed by atoms with Crippen molar-refractivity contribution in [2.24, 2.45) is 38.5 Å². The van der Waals surface area contributed by atoms with Crippen LogP contribution in [0.2, 0.25) is 0 Å². The number of aromatic hydroxyl groups is 1. The van der Waals surface area contributed by atoms with Gasteiger partial charge in [-0.15, -0.1) is 0 Å². The lowest BCUT2D eigenvalue weighted by atomic mass is 9.85. The molecule has 0 aromatic heterocycles. The molecule has 1 aliphatic rings. The lowest BCUT2D eigenvalue weighted by molar-refractivity contribution is -0.143. The van der Waals surface area contributed by atoms with Crippen LogP contribution in [0.3, 0.4) is 0 Å². The maximum absolute atomic E-state index is 14.1. The number of likely N-dealkylation sites (tertiary alicyclic amines) is 1. The minimum absolute atomic E-state index is 0.00293. The van der Waals surface area contributed by atoms with Gasteiger partial charge >= 0.3 is 5.97 Å². The summed E-state index contributed by atoms with van der Waals surface area (Å²) < 4.78 is 0. The van der Waals surface area contributed by atoms with Crippen molar-refractivity contribution < 1.29 is 39.0 Å². The molecule has 1 heterocycles. The Morgan fingerprint density at radius 3 is 2.16 bits per heavy atom. The fourth-order valence-corrected chi connectivity index (χ4v) is 6.45. The van der Waals surface area contributed by atoms with Crippen molar-refractivity contribution >= 4 is 47.4 Å². The van der Waals surface area contributed by atoms with Gasteiger partial charge in [0.1, 0.15) is 36.0 Å². The molecule has 0 radical (unpaired) electrons. The Labute approximate surface area is 340 Å². The third-order valence-corrected chi connectivity index (χ3v) is 9.54. The molecule has 5 amide bonds. The molecule has 2 rings (SSSR count). The standard InChI is InChI=1S/C39H65N11O8/c1-23(2)21-28(36(57)58)48-34(55)31(39(3,4)5)49-32(53)27(22-24-14-16-25(51)17-15-24)47-33(54)29-12-10-20-50(29)35(56)26(11-9-19-44-37(40)41)46-30(52)13-7-8-18-45-38(42)43-6/h14-17,23,26-29,31,51H,7-13,18-22H2,1-6H3,(H,46,52)(H,47,54)(H,48,55)(H,49,53)(H,57,58)(H4,40,41,44)(H3,42,43,45)/t26-,27-,28-,29-,31+/m0/s1. The molecule has 19 heteroatoms. The number of carboxylic acid groups (broad SMARTS) is 1. The molecule has 1 fully saturated rings. The number of nitrogens with two attached hydrogens (primary N) is 3. The zero-order valence-electron chi connectivity index (χ0n) is 34.7. The van der Waals surface area contributed by atoms with Crippen LogP contribution in [0, 0.1) is 11.3 Å². The van der Waals surface area contributed by atoms with Crippen LogP contribution >= 0.6 is 0 Å². The number of phenolic OH excluding ortho intramolecular Hbond substituents is 1. The number of unbranched alkanes of at least 4 members (excludes halogenated alkanes) is 1. The van der Waals surface area contributed by atoms with Gasteiger partial charge in [0.2, 0.25) is 29.5 Å². The predicted octanol–water partition coefficient (Wildman–Crippen LogP) is -0.200. The molecule has 1 aromatic rings. The SMILES string of the molecule is CN=C(N)NCCCCC(=O)N[C@@H](CCCN=C(N)N)C(=O)N1CCC[C@H]1C(=O)N[C@@H](Cc1ccc(O)cc1)C(=O)N[C@H](C(=O)N[C@@H](CC(C)C)C(=O)O)C(C)(C)C. The summed E-state index contributed by atoms with van der Waals surface area (Å²) in [4.78, 5) is 90.0. The van der Waals surface area contributed by atoms with Crippen LogP contribution in [0.5, 0.6) is 5.75 Å². The summed E-state index contributed by atoms with van der Waals surface area (Å²) in [6.45, 7) is 9.77. The number of carbonyl (C=O) groups excluding carboxylic acids is 5. The summed E-state index contributed by atoms with van der Waals surface area (Å²) in [6.07, 6.45) is 2.74. The molecule has 0 bridgehead atoms. The molecule has 1 saturated heterocycles. The molecular weight excluding hydrogens is 750 g/mol. The average molecular weight is 816 g/mol. The number of hydrogen-bond acceptors (Lipinski definition) is 9. The van der Waals surface area contributed by atoms with Crippen LogP contribution in [-0.2, 0) is 35.2 Å². The molecule has 1 aliphatic heterocycles. The third-order valence-electron chi connectivity index (χ3n) is 9.54. The van der Waals surface area contributed by atoms with Gasteiger partial charge in [0.05, 0.1) is 0 Å². The van der Waals surface area contributed by atoms with Gasteiger partial charge in [0.25, 0.3) is 0 Å². The second kappa shape index (κ2) is 23.6. The van der Waals surface area contributed by atoms with Crippen molar-refractivity contribution in [1.82, 2.24) is 31.5 Å². The zero-order valence-corrected chi connectivity index (χ0v) is 34.7. The number of phenols is 1. The monoisotopic (exact) mass is 816 g/mol. The largest absolute Gasteiger partial charge is 0.508 e. The number of rotatable bonds is 22. The highest BCUT2D eigenvalue weighted by molar-refractivity contribution is 5.96. The lowest BCUT2D eigenvalue weighted by Crippen LogP contribution is -2.61. The van der Waals surface area contributed by atoms with Crippen molar-refractivity contribution in [3.8, 4) is 5.75 Å². The van der Waals surface area contributed by atoms with E-state index in [9.17, 15) is 39.0 Å². The number of hydrogen-bond donors (Lipinski definition) is 10. The van der Waals surface area contributed by atoms with E-state index in [4.69, 9.17) is 17.2 Å². The van der Waals surface area contributed by atoms with Crippen molar-refractivity contribution in [1.29, 1.82) is 0 Å². The van der Waals surface area contributed by atoms with Gasteiger partial charge in [-0.1, -0.05) is 46.8 Å².